The Labute approximate surface area is 174 Å². The Bertz CT molecular complexity index is 695. The van der Waals surface area contributed by atoms with Gasteiger partial charge < -0.3 is 25.8 Å². The molecule has 2 heterocycles. The molecule has 3 amide bonds. The van der Waals surface area contributed by atoms with E-state index in [1.54, 1.807) is 0 Å². The van der Waals surface area contributed by atoms with E-state index in [9.17, 15) is 9.59 Å². The average Bonchev–Trinajstić information content (AvgIpc) is 2.64. The maximum Gasteiger partial charge on any atom is 0.315 e. The predicted octanol–water partition coefficient (Wildman–Crippen LogP) is 1.94. The normalized spacial score (nSPS) is 21.5. The third-order valence-electron chi connectivity index (χ3n) is 5.68. The molecular formula is C22H35N5O2. The van der Waals surface area contributed by atoms with Gasteiger partial charge in [0.05, 0.1) is 6.54 Å². The highest BCUT2D eigenvalue weighted by Crippen LogP contribution is 2.28. The molecule has 0 bridgehead atoms. The first kappa shape index (κ1) is 21.4. The van der Waals surface area contributed by atoms with Crippen molar-refractivity contribution in [2.24, 2.45) is 0 Å². The topological polar surface area (TPSA) is 76.7 Å². The van der Waals surface area contributed by atoms with Crippen LogP contribution in [0.1, 0.15) is 40.5 Å². The number of piperazine rings is 1. The lowest BCUT2D eigenvalue weighted by Gasteiger charge is -2.46. The van der Waals surface area contributed by atoms with E-state index in [0.29, 0.717) is 13.1 Å². The van der Waals surface area contributed by atoms with Crippen molar-refractivity contribution in [3.8, 4) is 0 Å². The number of rotatable bonds is 4. The lowest BCUT2D eigenvalue weighted by Crippen LogP contribution is -2.63. The standard InChI is InChI=1S/C22H35N5O2/c1-21(2)14-17(15-22(3,4)25-21)24-20(29)23-16-19(28)27-12-10-26(11-13-27)18-8-6-5-7-9-18/h5-9,17,25H,10-16H2,1-4H3,(H2,23,24,29). The molecule has 1 aromatic rings. The highest BCUT2D eigenvalue weighted by Gasteiger charge is 2.38. The number of hydrogen-bond donors (Lipinski definition) is 3. The molecule has 160 valence electrons. The van der Waals surface area contributed by atoms with E-state index < -0.39 is 0 Å². The molecule has 0 aromatic heterocycles. The van der Waals surface area contributed by atoms with Gasteiger partial charge in [-0.3, -0.25) is 4.79 Å². The van der Waals surface area contributed by atoms with Gasteiger partial charge in [0.25, 0.3) is 0 Å². The zero-order chi connectivity index (χ0) is 21.1. The van der Waals surface area contributed by atoms with Crippen LogP contribution in [0.2, 0.25) is 0 Å². The number of piperidine rings is 1. The Morgan fingerprint density at radius 2 is 1.59 bits per heavy atom. The zero-order valence-electron chi connectivity index (χ0n) is 18.1. The van der Waals surface area contributed by atoms with Crippen molar-refractivity contribution in [2.45, 2.75) is 57.7 Å². The second-order valence-electron chi connectivity index (χ2n) is 9.53. The fourth-order valence-corrected chi connectivity index (χ4v) is 4.78. The Kier molecular flexibility index (Phi) is 6.36. The van der Waals surface area contributed by atoms with Crippen LogP contribution in [0.4, 0.5) is 10.5 Å². The van der Waals surface area contributed by atoms with Gasteiger partial charge in [-0.2, -0.15) is 0 Å². The second-order valence-corrected chi connectivity index (χ2v) is 9.53. The number of nitrogens with one attached hydrogen (secondary N) is 3. The number of carbonyl (C=O) groups excluding carboxylic acids is 2. The van der Waals surface area contributed by atoms with Crippen LogP contribution in [0.3, 0.4) is 0 Å². The summed E-state index contributed by atoms with van der Waals surface area (Å²) < 4.78 is 0. The molecule has 2 saturated heterocycles. The van der Waals surface area contributed by atoms with Crippen molar-refractivity contribution in [1.29, 1.82) is 0 Å². The number of hydrogen-bond acceptors (Lipinski definition) is 4. The highest BCUT2D eigenvalue weighted by molar-refractivity contribution is 5.84. The maximum absolute atomic E-state index is 12.5. The molecule has 0 saturated carbocycles. The Balaban J connectivity index is 1.41. The van der Waals surface area contributed by atoms with Crippen molar-refractivity contribution in [2.75, 3.05) is 37.6 Å². The lowest BCUT2D eigenvalue weighted by molar-refractivity contribution is -0.130. The van der Waals surface area contributed by atoms with Crippen molar-refractivity contribution in [3.05, 3.63) is 30.3 Å². The summed E-state index contributed by atoms with van der Waals surface area (Å²) in [6.07, 6.45) is 1.72. The molecule has 3 rings (SSSR count). The first-order chi connectivity index (χ1) is 13.6. The monoisotopic (exact) mass is 401 g/mol. The maximum atomic E-state index is 12.5. The molecule has 3 N–H and O–H groups in total. The molecule has 0 radical (unpaired) electrons. The van der Waals surface area contributed by atoms with E-state index in [2.05, 4.69) is 60.7 Å². The van der Waals surface area contributed by atoms with Gasteiger partial charge in [0.1, 0.15) is 0 Å². The third kappa shape index (κ3) is 6.10. The van der Waals surface area contributed by atoms with Crippen LogP contribution in [-0.2, 0) is 4.79 Å². The van der Waals surface area contributed by atoms with Crippen molar-refractivity contribution in [3.63, 3.8) is 0 Å². The van der Waals surface area contributed by atoms with Crippen LogP contribution in [0, 0.1) is 0 Å². The lowest BCUT2D eigenvalue weighted by atomic mass is 9.80. The summed E-state index contributed by atoms with van der Waals surface area (Å²) >= 11 is 0. The number of carbonyl (C=O) groups is 2. The molecule has 29 heavy (non-hydrogen) atoms. The Morgan fingerprint density at radius 1 is 1.00 bits per heavy atom. The minimum absolute atomic E-state index is 0.0289. The van der Waals surface area contributed by atoms with Crippen molar-refractivity contribution < 1.29 is 9.59 Å². The van der Waals surface area contributed by atoms with E-state index in [0.717, 1.165) is 25.9 Å². The summed E-state index contributed by atoms with van der Waals surface area (Å²) in [6, 6.07) is 10.1. The number of urea groups is 1. The van der Waals surface area contributed by atoms with Crippen LogP contribution in [-0.4, -0.2) is 66.7 Å². The second kappa shape index (κ2) is 8.61. The minimum atomic E-state index is -0.264. The minimum Gasteiger partial charge on any atom is -0.368 e. The molecule has 0 unspecified atom stereocenters. The van der Waals surface area contributed by atoms with Gasteiger partial charge in [0, 0.05) is 49.0 Å². The predicted molar refractivity (Wildman–Crippen MR) is 116 cm³/mol. The van der Waals surface area contributed by atoms with E-state index in [1.807, 2.05) is 23.1 Å². The largest absolute Gasteiger partial charge is 0.368 e. The molecule has 0 aliphatic carbocycles. The summed E-state index contributed by atoms with van der Waals surface area (Å²) in [7, 11) is 0. The molecule has 0 spiro atoms. The summed E-state index contributed by atoms with van der Waals surface area (Å²) in [5.74, 6) is -0.0289. The van der Waals surface area contributed by atoms with Crippen LogP contribution in [0.5, 0.6) is 0 Å². The fraction of sp³-hybridized carbons (Fsp3) is 0.636. The highest BCUT2D eigenvalue weighted by atomic mass is 16.2. The summed E-state index contributed by atoms with van der Waals surface area (Å²) in [5.41, 5.74) is 1.12. The van der Waals surface area contributed by atoms with Gasteiger partial charge in [-0.05, 0) is 52.7 Å². The van der Waals surface area contributed by atoms with Crippen molar-refractivity contribution in [1.82, 2.24) is 20.9 Å². The molecular weight excluding hydrogens is 366 g/mol. The number of anilines is 1. The van der Waals surface area contributed by atoms with Crippen LogP contribution < -0.4 is 20.9 Å². The number of para-hydroxylation sites is 1. The summed E-state index contributed by atoms with van der Waals surface area (Å²) in [5, 5.41) is 9.40. The first-order valence-electron chi connectivity index (χ1n) is 10.6. The first-order valence-corrected chi connectivity index (χ1v) is 10.6. The smallest absolute Gasteiger partial charge is 0.315 e. The quantitative estimate of drug-likeness (QED) is 0.721. The number of nitrogens with zero attached hydrogens (tertiary/aromatic N) is 2. The molecule has 2 aliphatic heterocycles. The molecule has 2 fully saturated rings. The Morgan fingerprint density at radius 3 is 2.17 bits per heavy atom. The molecule has 7 nitrogen and oxygen atoms in total. The summed E-state index contributed by atoms with van der Waals surface area (Å²) in [4.78, 5) is 28.9. The van der Waals surface area contributed by atoms with Gasteiger partial charge >= 0.3 is 6.03 Å². The third-order valence-corrected chi connectivity index (χ3v) is 5.68. The van der Waals surface area contributed by atoms with E-state index >= 15 is 0 Å². The summed E-state index contributed by atoms with van der Waals surface area (Å²) in [6.45, 7) is 11.6. The van der Waals surface area contributed by atoms with Crippen LogP contribution in [0.25, 0.3) is 0 Å². The van der Waals surface area contributed by atoms with Crippen molar-refractivity contribution >= 4 is 17.6 Å². The van der Waals surface area contributed by atoms with Gasteiger partial charge in [-0.1, -0.05) is 18.2 Å². The van der Waals surface area contributed by atoms with Crippen LogP contribution >= 0.6 is 0 Å². The number of benzene rings is 1. The van der Waals surface area contributed by atoms with E-state index in [1.165, 1.54) is 5.69 Å². The van der Waals surface area contributed by atoms with E-state index in [4.69, 9.17) is 0 Å². The van der Waals surface area contributed by atoms with Gasteiger partial charge in [0.2, 0.25) is 5.91 Å². The number of amides is 3. The van der Waals surface area contributed by atoms with Crippen LogP contribution in [0.15, 0.2) is 30.3 Å². The Hall–Kier alpha value is -2.28. The fourth-order valence-electron chi connectivity index (χ4n) is 4.78. The molecule has 1 aromatic carbocycles. The molecule has 2 aliphatic rings. The average molecular weight is 402 g/mol. The van der Waals surface area contributed by atoms with Gasteiger partial charge in [-0.15, -0.1) is 0 Å². The SMILES string of the molecule is CC1(C)CC(NC(=O)NCC(=O)N2CCN(c3ccccc3)CC2)CC(C)(C)N1. The van der Waals surface area contributed by atoms with E-state index in [-0.39, 0.29) is 35.6 Å². The molecule has 0 atom stereocenters. The van der Waals surface area contributed by atoms with Gasteiger partial charge in [-0.25, -0.2) is 4.79 Å². The van der Waals surface area contributed by atoms with Gasteiger partial charge in [0.15, 0.2) is 0 Å². The zero-order valence-corrected chi connectivity index (χ0v) is 18.1. The molecule has 7 heteroatoms.